The first-order valence-electron chi connectivity index (χ1n) is 6.22. The Kier molecular flexibility index (Phi) is 7.06. The first-order chi connectivity index (χ1) is 9.54. The smallest absolute Gasteiger partial charge is 0.309 e. The zero-order valence-electron chi connectivity index (χ0n) is 11.4. The van der Waals surface area contributed by atoms with E-state index >= 15 is 0 Å². The van der Waals surface area contributed by atoms with Gasteiger partial charge in [-0.2, -0.15) is 0 Å². The van der Waals surface area contributed by atoms with E-state index in [9.17, 15) is 4.57 Å². The molecule has 0 aliphatic heterocycles. The second kappa shape index (κ2) is 8.30. The fourth-order valence-corrected chi connectivity index (χ4v) is 3.61. The van der Waals surface area contributed by atoms with Crippen molar-refractivity contribution in [1.82, 2.24) is 0 Å². The van der Waals surface area contributed by atoms with E-state index in [0.717, 1.165) is 0 Å². The molecule has 0 saturated heterocycles. The van der Waals surface area contributed by atoms with Gasteiger partial charge in [0.25, 0.3) is 0 Å². The molecule has 0 aromatic heterocycles. The van der Waals surface area contributed by atoms with Crippen LogP contribution in [-0.2, 0) is 13.6 Å². The molecule has 0 spiro atoms. The van der Waals surface area contributed by atoms with Crippen molar-refractivity contribution in [1.29, 1.82) is 0 Å². The van der Waals surface area contributed by atoms with E-state index in [2.05, 4.69) is 10.0 Å². The fraction of sp³-hybridized carbons (Fsp3) is 0.500. The largest absolute Gasteiger partial charge is 0.331 e. The Balaban J connectivity index is 2.99. The SMILES string of the molecule is CCOP(=O)(CC(N=[N+]=[N-])c1ccc(Cl)cc1)OCC. The second-order valence-electron chi connectivity index (χ2n) is 3.90. The first-order valence-corrected chi connectivity index (χ1v) is 8.33. The van der Waals surface area contributed by atoms with Gasteiger partial charge in [-0.25, -0.2) is 0 Å². The number of rotatable bonds is 8. The Morgan fingerprint density at radius 2 is 1.85 bits per heavy atom. The molecule has 6 nitrogen and oxygen atoms in total. The van der Waals surface area contributed by atoms with E-state index in [0.29, 0.717) is 10.6 Å². The van der Waals surface area contributed by atoms with Gasteiger partial charge in [0.05, 0.1) is 25.4 Å². The zero-order chi connectivity index (χ0) is 15.0. The second-order valence-corrected chi connectivity index (χ2v) is 6.44. The van der Waals surface area contributed by atoms with Crippen LogP contribution in [0.2, 0.25) is 5.02 Å². The average Bonchev–Trinajstić information content (AvgIpc) is 2.39. The van der Waals surface area contributed by atoms with Gasteiger partial charge >= 0.3 is 7.60 Å². The van der Waals surface area contributed by atoms with Crippen LogP contribution in [0.5, 0.6) is 0 Å². The van der Waals surface area contributed by atoms with E-state index in [1.807, 2.05) is 0 Å². The van der Waals surface area contributed by atoms with Crippen molar-refractivity contribution in [2.24, 2.45) is 5.11 Å². The van der Waals surface area contributed by atoms with Crippen LogP contribution in [-0.4, -0.2) is 19.4 Å². The lowest BCUT2D eigenvalue weighted by Gasteiger charge is -2.20. The van der Waals surface area contributed by atoms with Gasteiger partial charge in [0.1, 0.15) is 0 Å². The molecule has 1 unspecified atom stereocenters. The van der Waals surface area contributed by atoms with Crippen molar-refractivity contribution in [3.05, 3.63) is 45.3 Å². The summed E-state index contributed by atoms with van der Waals surface area (Å²) < 4.78 is 22.9. The number of halogens is 1. The summed E-state index contributed by atoms with van der Waals surface area (Å²) in [5.74, 6) is 0. The maximum absolute atomic E-state index is 12.5. The molecule has 1 aromatic carbocycles. The third kappa shape index (κ3) is 5.16. The van der Waals surface area contributed by atoms with Gasteiger partial charge in [-0.15, -0.1) is 0 Å². The van der Waals surface area contributed by atoms with Gasteiger partial charge in [-0.05, 0) is 37.1 Å². The minimum atomic E-state index is -3.28. The molecule has 8 heteroatoms. The van der Waals surface area contributed by atoms with Gasteiger partial charge < -0.3 is 9.05 Å². The van der Waals surface area contributed by atoms with Crippen LogP contribution in [0.15, 0.2) is 29.4 Å². The molecule has 110 valence electrons. The third-order valence-electron chi connectivity index (χ3n) is 2.49. The van der Waals surface area contributed by atoms with Crippen LogP contribution in [0.4, 0.5) is 0 Å². The molecular weight excluding hydrogens is 301 g/mol. The normalized spacial score (nSPS) is 12.8. The summed E-state index contributed by atoms with van der Waals surface area (Å²) in [7, 11) is -3.28. The minimum Gasteiger partial charge on any atom is -0.309 e. The highest BCUT2D eigenvalue weighted by atomic mass is 35.5. The van der Waals surface area contributed by atoms with Gasteiger partial charge in [0, 0.05) is 9.93 Å². The van der Waals surface area contributed by atoms with Gasteiger partial charge in [0.15, 0.2) is 0 Å². The summed E-state index contributed by atoms with van der Waals surface area (Å²) in [5, 5.41) is 4.25. The number of azide groups is 1. The minimum absolute atomic E-state index is 0.000369. The van der Waals surface area contributed by atoms with E-state index in [1.54, 1.807) is 38.1 Å². The quantitative estimate of drug-likeness (QED) is 0.294. The van der Waals surface area contributed by atoms with E-state index in [-0.39, 0.29) is 19.4 Å². The monoisotopic (exact) mass is 317 g/mol. The predicted octanol–water partition coefficient (Wildman–Crippen LogP) is 4.96. The fourth-order valence-electron chi connectivity index (χ4n) is 1.70. The van der Waals surface area contributed by atoms with Crippen molar-refractivity contribution >= 4 is 19.2 Å². The molecule has 0 radical (unpaired) electrons. The standard InChI is InChI=1S/C12H17ClN3O3P/c1-3-18-20(17,19-4-2)9-12(15-16-14)10-5-7-11(13)8-6-10/h5-8,12H,3-4,9H2,1-2H3. The zero-order valence-corrected chi connectivity index (χ0v) is 13.0. The molecule has 20 heavy (non-hydrogen) atoms. The molecule has 0 aliphatic carbocycles. The molecular formula is C12H17ClN3O3P. The Morgan fingerprint density at radius 3 is 2.30 bits per heavy atom. The summed E-state index contributed by atoms with van der Waals surface area (Å²) in [4.78, 5) is 2.80. The molecule has 0 saturated carbocycles. The molecule has 0 fully saturated rings. The van der Waals surface area contributed by atoms with Crippen molar-refractivity contribution in [2.75, 3.05) is 19.4 Å². The van der Waals surface area contributed by atoms with Gasteiger partial charge in [-0.3, -0.25) is 4.57 Å². The molecule has 0 bridgehead atoms. The van der Waals surface area contributed by atoms with Crippen molar-refractivity contribution in [3.63, 3.8) is 0 Å². The molecule has 1 atom stereocenters. The summed E-state index contributed by atoms with van der Waals surface area (Å²) in [6.45, 7) is 3.99. The number of hydrogen-bond acceptors (Lipinski definition) is 4. The lowest BCUT2D eigenvalue weighted by Crippen LogP contribution is -2.07. The van der Waals surface area contributed by atoms with Crippen molar-refractivity contribution < 1.29 is 13.6 Å². The lowest BCUT2D eigenvalue weighted by atomic mass is 10.1. The van der Waals surface area contributed by atoms with Crippen LogP contribution in [0.3, 0.4) is 0 Å². The Labute approximate surface area is 123 Å². The lowest BCUT2D eigenvalue weighted by molar-refractivity contribution is 0.218. The molecule has 0 amide bonds. The highest BCUT2D eigenvalue weighted by molar-refractivity contribution is 7.53. The molecule has 1 rings (SSSR count). The van der Waals surface area contributed by atoms with Crippen LogP contribution >= 0.6 is 19.2 Å². The van der Waals surface area contributed by atoms with Crippen LogP contribution < -0.4 is 0 Å². The van der Waals surface area contributed by atoms with Crippen LogP contribution in [0.25, 0.3) is 10.4 Å². The summed E-state index contributed by atoms with van der Waals surface area (Å²) >= 11 is 5.82. The molecule has 0 N–H and O–H groups in total. The molecule has 0 aliphatic rings. The first kappa shape index (κ1) is 17.0. The van der Waals surface area contributed by atoms with Crippen molar-refractivity contribution in [2.45, 2.75) is 19.9 Å². The van der Waals surface area contributed by atoms with Crippen molar-refractivity contribution in [3.8, 4) is 0 Å². The van der Waals surface area contributed by atoms with Crippen LogP contribution in [0, 0.1) is 0 Å². The molecule has 1 aromatic rings. The highest BCUT2D eigenvalue weighted by Gasteiger charge is 2.28. The Morgan fingerprint density at radius 1 is 1.30 bits per heavy atom. The van der Waals surface area contributed by atoms with E-state index in [1.165, 1.54) is 0 Å². The summed E-state index contributed by atoms with van der Waals surface area (Å²) in [6.07, 6.45) is 0.000369. The van der Waals surface area contributed by atoms with E-state index < -0.39 is 13.6 Å². The molecule has 0 heterocycles. The average molecular weight is 318 g/mol. The van der Waals surface area contributed by atoms with E-state index in [4.69, 9.17) is 26.2 Å². The maximum atomic E-state index is 12.5. The summed E-state index contributed by atoms with van der Waals surface area (Å²) in [6, 6.07) is 6.20. The van der Waals surface area contributed by atoms with Gasteiger partial charge in [0.2, 0.25) is 0 Å². The number of benzene rings is 1. The number of hydrogen-bond donors (Lipinski definition) is 0. The Hall–Kier alpha value is -1.03. The highest BCUT2D eigenvalue weighted by Crippen LogP contribution is 2.51. The van der Waals surface area contributed by atoms with Gasteiger partial charge in [-0.1, -0.05) is 28.8 Å². The topological polar surface area (TPSA) is 84.3 Å². The number of nitrogens with zero attached hydrogens (tertiary/aromatic N) is 3. The predicted molar refractivity (Wildman–Crippen MR) is 79.1 cm³/mol. The van der Waals surface area contributed by atoms with Crippen LogP contribution in [0.1, 0.15) is 25.5 Å². The Bertz CT molecular complexity index is 507. The third-order valence-corrected chi connectivity index (χ3v) is 4.84. The summed E-state index contributed by atoms with van der Waals surface area (Å²) in [5.41, 5.74) is 9.38. The maximum Gasteiger partial charge on any atom is 0.331 e.